The molecule has 3 aromatic rings. The first-order valence-electron chi connectivity index (χ1n) is 8.31. The number of hydrogen-bond acceptors (Lipinski definition) is 6. The zero-order valence-corrected chi connectivity index (χ0v) is 16.7. The highest BCUT2D eigenvalue weighted by molar-refractivity contribution is 9.10. The van der Waals surface area contributed by atoms with Crippen molar-refractivity contribution in [2.45, 2.75) is 18.6 Å². The molecule has 0 spiro atoms. The second-order valence-corrected chi connectivity index (χ2v) is 7.44. The van der Waals surface area contributed by atoms with E-state index in [9.17, 15) is 9.90 Å². The number of methoxy groups -OCH3 is 1. The SMILES string of the molecule is COC(=O)[C@@H]1[C@@H](O)CCN1c1cc(-n2ccnc2)c2ccc(Cl)c(Br)c2n1. The molecule has 0 saturated carbocycles. The minimum atomic E-state index is -0.811. The molecule has 0 aliphatic carbocycles. The van der Waals surface area contributed by atoms with E-state index in [-0.39, 0.29) is 0 Å². The van der Waals surface area contributed by atoms with Crippen LogP contribution in [0.1, 0.15) is 6.42 Å². The van der Waals surface area contributed by atoms with Gasteiger partial charge in [-0.05, 0) is 34.5 Å². The highest BCUT2D eigenvalue weighted by Gasteiger charge is 2.40. The number of hydrogen-bond donors (Lipinski definition) is 1. The number of fused-ring (bicyclic) bond motifs is 1. The smallest absolute Gasteiger partial charge is 0.331 e. The Morgan fingerprint density at radius 1 is 1.44 bits per heavy atom. The Morgan fingerprint density at radius 3 is 2.96 bits per heavy atom. The summed E-state index contributed by atoms with van der Waals surface area (Å²) < 4.78 is 7.41. The number of carbonyl (C=O) groups is 1. The first-order valence-corrected chi connectivity index (χ1v) is 9.48. The van der Waals surface area contributed by atoms with Crippen molar-refractivity contribution in [1.82, 2.24) is 14.5 Å². The van der Waals surface area contributed by atoms with Crippen LogP contribution in [0.3, 0.4) is 0 Å². The minimum Gasteiger partial charge on any atom is -0.467 e. The number of ether oxygens (including phenoxy) is 1. The molecule has 9 heteroatoms. The number of aromatic nitrogens is 3. The van der Waals surface area contributed by atoms with Crippen LogP contribution in [0.15, 0.2) is 41.4 Å². The van der Waals surface area contributed by atoms with Gasteiger partial charge in [-0.15, -0.1) is 0 Å². The third-order valence-corrected chi connectivity index (χ3v) is 6.07. The van der Waals surface area contributed by atoms with Crippen molar-refractivity contribution in [1.29, 1.82) is 0 Å². The molecule has 0 amide bonds. The molecule has 1 aliphatic rings. The molecule has 1 fully saturated rings. The lowest BCUT2D eigenvalue weighted by Gasteiger charge is -2.26. The van der Waals surface area contributed by atoms with Crippen molar-refractivity contribution in [3.05, 3.63) is 46.4 Å². The van der Waals surface area contributed by atoms with Crippen molar-refractivity contribution >= 4 is 50.2 Å². The first-order chi connectivity index (χ1) is 13.0. The van der Waals surface area contributed by atoms with E-state index in [2.05, 4.69) is 20.9 Å². The maximum Gasteiger partial charge on any atom is 0.331 e. The molecule has 27 heavy (non-hydrogen) atoms. The van der Waals surface area contributed by atoms with Gasteiger partial charge < -0.3 is 19.3 Å². The Hall–Kier alpha value is -2.16. The quantitative estimate of drug-likeness (QED) is 0.617. The van der Waals surface area contributed by atoms with Crippen molar-refractivity contribution in [2.24, 2.45) is 0 Å². The third-order valence-electron chi connectivity index (χ3n) is 4.72. The average Bonchev–Trinajstić information content (AvgIpc) is 3.33. The molecule has 1 saturated heterocycles. The highest BCUT2D eigenvalue weighted by Crippen LogP contribution is 2.36. The number of esters is 1. The molecule has 0 unspecified atom stereocenters. The van der Waals surface area contributed by atoms with Crippen molar-refractivity contribution < 1.29 is 14.6 Å². The van der Waals surface area contributed by atoms with Gasteiger partial charge in [0.1, 0.15) is 5.82 Å². The maximum absolute atomic E-state index is 12.2. The predicted octanol–water partition coefficient (Wildman–Crippen LogP) is 2.95. The van der Waals surface area contributed by atoms with E-state index in [0.717, 1.165) is 11.1 Å². The van der Waals surface area contributed by atoms with E-state index in [1.54, 1.807) is 23.5 Å². The molecular formula is C18H16BrClN4O3. The molecule has 2 atom stereocenters. The van der Waals surface area contributed by atoms with Crippen LogP contribution in [0, 0.1) is 0 Å². The lowest BCUT2D eigenvalue weighted by Crippen LogP contribution is -2.43. The fourth-order valence-electron chi connectivity index (χ4n) is 3.40. The molecule has 1 aromatic carbocycles. The summed E-state index contributed by atoms with van der Waals surface area (Å²) in [4.78, 5) is 22.8. The fraction of sp³-hybridized carbons (Fsp3) is 0.278. The molecule has 140 valence electrons. The predicted molar refractivity (Wildman–Crippen MR) is 105 cm³/mol. The third kappa shape index (κ3) is 3.07. The summed E-state index contributed by atoms with van der Waals surface area (Å²) in [7, 11) is 1.31. The fourth-order valence-corrected chi connectivity index (χ4v) is 3.99. The molecule has 0 radical (unpaired) electrons. The number of carbonyl (C=O) groups excluding carboxylic acids is 1. The highest BCUT2D eigenvalue weighted by atomic mass is 79.9. The minimum absolute atomic E-state index is 0.455. The van der Waals surface area contributed by atoms with E-state index in [0.29, 0.717) is 33.8 Å². The largest absolute Gasteiger partial charge is 0.467 e. The van der Waals surface area contributed by atoms with E-state index in [4.69, 9.17) is 21.3 Å². The molecule has 7 nitrogen and oxygen atoms in total. The maximum atomic E-state index is 12.2. The van der Waals surface area contributed by atoms with Crippen LogP contribution in [0.4, 0.5) is 5.82 Å². The topological polar surface area (TPSA) is 80.5 Å². The summed E-state index contributed by atoms with van der Waals surface area (Å²) in [5, 5.41) is 11.7. The van der Waals surface area contributed by atoms with E-state index < -0.39 is 18.1 Å². The van der Waals surface area contributed by atoms with Gasteiger partial charge in [-0.3, -0.25) is 0 Å². The number of anilines is 1. The summed E-state index contributed by atoms with van der Waals surface area (Å²) in [6.07, 6.45) is 4.86. The van der Waals surface area contributed by atoms with Gasteiger partial charge in [0.25, 0.3) is 0 Å². The summed E-state index contributed by atoms with van der Waals surface area (Å²) >= 11 is 9.78. The van der Waals surface area contributed by atoms with Crippen LogP contribution < -0.4 is 4.90 Å². The van der Waals surface area contributed by atoms with Gasteiger partial charge in [-0.1, -0.05) is 11.6 Å². The second-order valence-electron chi connectivity index (χ2n) is 6.24. The first kappa shape index (κ1) is 18.2. The van der Waals surface area contributed by atoms with Gasteiger partial charge in [0.15, 0.2) is 6.04 Å². The standard InChI is InChI=1S/C18H16BrClN4O3/c1-27-18(26)17-13(25)4-6-24(17)14-8-12(23-7-5-21-9-23)10-2-3-11(20)15(19)16(10)22-14/h2-3,5,7-9,13,17,25H,4,6H2,1H3/t13-,17-/m0/s1. The summed E-state index contributed by atoms with van der Waals surface area (Å²) in [6, 6.07) is 4.77. The van der Waals surface area contributed by atoms with Crippen molar-refractivity contribution in [2.75, 3.05) is 18.6 Å². The van der Waals surface area contributed by atoms with Crippen LogP contribution >= 0.6 is 27.5 Å². The summed E-state index contributed by atoms with van der Waals surface area (Å²) in [6.45, 7) is 0.487. The Kier molecular flexibility index (Phi) is 4.79. The Labute approximate surface area is 168 Å². The van der Waals surface area contributed by atoms with Crippen LogP contribution in [0.5, 0.6) is 0 Å². The number of aliphatic hydroxyl groups is 1. The lowest BCUT2D eigenvalue weighted by molar-refractivity contribution is -0.144. The molecule has 3 heterocycles. The second kappa shape index (κ2) is 7.10. The van der Waals surface area contributed by atoms with Gasteiger partial charge in [0, 0.05) is 30.4 Å². The Balaban J connectivity index is 1.94. The number of benzene rings is 1. The number of aliphatic hydroxyl groups excluding tert-OH is 1. The van der Waals surface area contributed by atoms with Gasteiger partial charge in [0.05, 0.1) is 40.2 Å². The van der Waals surface area contributed by atoms with Crippen LogP contribution in [0.25, 0.3) is 16.6 Å². The Bertz CT molecular complexity index is 1010. The van der Waals surface area contributed by atoms with E-state index in [1.807, 2.05) is 22.9 Å². The van der Waals surface area contributed by atoms with Gasteiger partial charge in [-0.2, -0.15) is 0 Å². The molecular weight excluding hydrogens is 436 g/mol. The summed E-state index contributed by atoms with van der Waals surface area (Å²) in [5.41, 5.74) is 1.50. The number of pyridine rings is 1. The van der Waals surface area contributed by atoms with Gasteiger partial charge in [0.2, 0.25) is 0 Å². The normalized spacial score (nSPS) is 19.6. The number of imidazole rings is 1. The Morgan fingerprint density at radius 2 is 2.26 bits per heavy atom. The molecule has 1 N–H and O–H groups in total. The molecule has 1 aliphatic heterocycles. The van der Waals surface area contributed by atoms with Gasteiger partial charge in [-0.25, -0.2) is 14.8 Å². The lowest BCUT2D eigenvalue weighted by atomic mass is 10.1. The summed E-state index contributed by atoms with van der Waals surface area (Å²) in [5.74, 6) is 0.0670. The zero-order valence-electron chi connectivity index (χ0n) is 14.3. The number of rotatable bonds is 3. The monoisotopic (exact) mass is 450 g/mol. The van der Waals surface area contributed by atoms with Crippen molar-refractivity contribution in [3.8, 4) is 5.69 Å². The van der Waals surface area contributed by atoms with Crippen molar-refractivity contribution in [3.63, 3.8) is 0 Å². The van der Waals surface area contributed by atoms with Crippen LogP contribution in [-0.4, -0.2) is 51.4 Å². The average molecular weight is 452 g/mol. The number of halogens is 2. The van der Waals surface area contributed by atoms with E-state index >= 15 is 0 Å². The van der Waals surface area contributed by atoms with Crippen LogP contribution in [-0.2, 0) is 9.53 Å². The van der Waals surface area contributed by atoms with Crippen LogP contribution in [0.2, 0.25) is 5.02 Å². The van der Waals surface area contributed by atoms with E-state index in [1.165, 1.54) is 7.11 Å². The molecule has 0 bridgehead atoms. The zero-order chi connectivity index (χ0) is 19.1. The van der Waals surface area contributed by atoms with Gasteiger partial charge >= 0.3 is 5.97 Å². The molecule has 2 aromatic heterocycles. The molecule has 4 rings (SSSR count). The number of nitrogens with zero attached hydrogens (tertiary/aromatic N) is 4.